The van der Waals surface area contributed by atoms with Gasteiger partial charge >= 0.3 is 0 Å². The molecule has 0 unspecified atom stereocenters. The van der Waals surface area contributed by atoms with Crippen molar-refractivity contribution in [3.05, 3.63) is 23.8 Å². The lowest BCUT2D eigenvalue weighted by Crippen LogP contribution is -2.44. The van der Waals surface area contributed by atoms with Crippen molar-refractivity contribution in [1.82, 2.24) is 0 Å². The lowest BCUT2D eigenvalue weighted by atomic mass is 9.58. The van der Waals surface area contributed by atoms with E-state index >= 15 is 0 Å². The zero-order valence-corrected chi connectivity index (χ0v) is 11.2. The minimum Gasteiger partial charge on any atom is -0.384 e. The molecule has 0 heterocycles. The fourth-order valence-corrected chi connectivity index (χ4v) is 3.28. The van der Waals surface area contributed by atoms with Crippen molar-refractivity contribution in [1.29, 1.82) is 0 Å². The molecule has 2 aliphatic rings. The molecule has 0 aromatic heterocycles. The topological polar surface area (TPSA) is 26.3 Å². The van der Waals surface area contributed by atoms with Crippen LogP contribution in [-0.4, -0.2) is 19.5 Å². The quantitative estimate of drug-likeness (QED) is 0.687. The van der Waals surface area contributed by atoms with Gasteiger partial charge in [0.1, 0.15) is 0 Å². The second-order valence-corrected chi connectivity index (χ2v) is 5.94. The Hall–Kier alpha value is -0.890. The molecule has 0 saturated carbocycles. The first kappa shape index (κ1) is 12.6. The van der Waals surface area contributed by atoms with E-state index in [9.17, 15) is 4.79 Å². The molecule has 2 rings (SSSR count). The molecule has 0 amide bonds. The molecule has 94 valence electrons. The third kappa shape index (κ3) is 2.11. The summed E-state index contributed by atoms with van der Waals surface area (Å²) < 4.78 is 5.30. The molecule has 0 N–H and O–H groups in total. The van der Waals surface area contributed by atoms with E-state index in [1.165, 1.54) is 5.57 Å². The highest BCUT2D eigenvalue weighted by Crippen LogP contribution is 2.48. The van der Waals surface area contributed by atoms with Crippen molar-refractivity contribution in [3.63, 3.8) is 0 Å². The molecule has 2 nitrogen and oxygen atoms in total. The normalized spacial score (nSPS) is 35.4. The van der Waals surface area contributed by atoms with Gasteiger partial charge in [0.2, 0.25) is 0 Å². The van der Waals surface area contributed by atoms with E-state index < -0.39 is 0 Å². The van der Waals surface area contributed by atoms with Gasteiger partial charge in [-0.05, 0) is 30.8 Å². The zero-order chi connectivity index (χ0) is 12.6. The van der Waals surface area contributed by atoms with Crippen molar-refractivity contribution < 1.29 is 9.53 Å². The summed E-state index contributed by atoms with van der Waals surface area (Å²) in [6.45, 7) is 7.23. The molecule has 0 spiro atoms. The zero-order valence-electron chi connectivity index (χ0n) is 11.2. The Bertz CT molecular complexity index is 376. The molecule has 3 atom stereocenters. The summed E-state index contributed by atoms with van der Waals surface area (Å²) in [6, 6.07) is 0. The maximum absolute atomic E-state index is 12.2. The molecular weight excluding hydrogens is 212 g/mol. The van der Waals surface area contributed by atoms with E-state index in [1.54, 1.807) is 13.2 Å². The number of allylic oxidation sites excluding steroid dienone is 3. The van der Waals surface area contributed by atoms with Crippen LogP contribution in [0.5, 0.6) is 0 Å². The Morgan fingerprint density at radius 2 is 2.18 bits per heavy atom. The minimum absolute atomic E-state index is 0.111. The molecule has 17 heavy (non-hydrogen) atoms. The standard InChI is InChI=1S/C15H22O2/c1-10-5-6-12-14(11(10)9-17-4)13(16)7-8-15(12,2)3/h5,7-8,11-12,14H,6,9H2,1-4H3/t11-,12+,14-/m0/s1. The van der Waals surface area contributed by atoms with Crippen molar-refractivity contribution in [2.24, 2.45) is 23.2 Å². The van der Waals surface area contributed by atoms with Crippen LogP contribution in [0.4, 0.5) is 0 Å². The Morgan fingerprint density at radius 3 is 2.82 bits per heavy atom. The van der Waals surface area contributed by atoms with Crippen LogP contribution in [0, 0.1) is 23.2 Å². The maximum atomic E-state index is 12.2. The summed E-state index contributed by atoms with van der Waals surface area (Å²) in [5.41, 5.74) is 1.43. The highest BCUT2D eigenvalue weighted by Gasteiger charge is 2.45. The molecular formula is C15H22O2. The van der Waals surface area contributed by atoms with Gasteiger partial charge in [-0.15, -0.1) is 0 Å². The van der Waals surface area contributed by atoms with E-state index in [0.29, 0.717) is 12.5 Å². The average Bonchev–Trinajstić information content (AvgIpc) is 2.27. The summed E-state index contributed by atoms with van der Waals surface area (Å²) in [5.74, 6) is 1.07. The first-order valence-corrected chi connectivity index (χ1v) is 6.36. The number of hydrogen-bond donors (Lipinski definition) is 0. The Balaban J connectivity index is 2.37. The van der Waals surface area contributed by atoms with Gasteiger partial charge < -0.3 is 4.74 Å². The Kier molecular flexibility index (Phi) is 3.26. The summed E-state index contributed by atoms with van der Waals surface area (Å²) >= 11 is 0. The number of fused-ring (bicyclic) bond motifs is 1. The summed E-state index contributed by atoms with van der Waals surface area (Å²) in [4.78, 5) is 12.2. The largest absolute Gasteiger partial charge is 0.384 e. The number of ether oxygens (including phenoxy) is 1. The second kappa shape index (κ2) is 4.41. The van der Waals surface area contributed by atoms with Gasteiger partial charge in [0.25, 0.3) is 0 Å². The number of hydrogen-bond acceptors (Lipinski definition) is 2. The number of carbonyl (C=O) groups is 1. The Morgan fingerprint density at radius 1 is 1.47 bits per heavy atom. The van der Waals surface area contributed by atoms with Crippen LogP contribution < -0.4 is 0 Å². The van der Waals surface area contributed by atoms with Crippen molar-refractivity contribution in [2.75, 3.05) is 13.7 Å². The molecule has 0 fully saturated rings. The fourth-order valence-electron chi connectivity index (χ4n) is 3.28. The molecule has 0 bridgehead atoms. The first-order chi connectivity index (χ1) is 7.97. The van der Waals surface area contributed by atoms with E-state index in [0.717, 1.165) is 6.42 Å². The molecule has 0 radical (unpaired) electrons. The van der Waals surface area contributed by atoms with E-state index in [4.69, 9.17) is 4.74 Å². The van der Waals surface area contributed by atoms with E-state index in [1.807, 2.05) is 0 Å². The van der Waals surface area contributed by atoms with Crippen LogP contribution >= 0.6 is 0 Å². The highest BCUT2D eigenvalue weighted by atomic mass is 16.5. The van der Waals surface area contributed by atoms with Crippen molar-refractivity contribution in [3.8, 4) is 0 Å². The lowest BCUT2D eigenvalue weighted by Gasteiger charge is -2.45. The van der Waals surface area contributed by atoms with Crippen LogP contribution in [0.25, 0.3) is 0 Å². The molecule has 2 aliphatic carbocycles. The summed E-state index contributed by atoms with van der Waals surface area (Å²) in [6.07, 6.45) is 7.16. The SMILES string of the molecule is COC[C@H]1C(C)=CC[C@@H]2[C@H]1C(=O)C=CC2(C)C. The van der Waals surface area contributed by atoms with Gasteiger partial charge in [0.05, 0.1) is 6.61 Å². The van der Waals surface area contributed by atoms with Gasteiger partial charge in [0.15, 0.2) is 5.78 Å². The van der Waals surface area contributed by atoms with E-state index in [-0.39, 0.29) is 23.0 Å². The first-order valence-electron chi connectivity index (χ1n) is 6.36. The van der Waals surface area contributed by atoms with Gasteiger partial charge in [-0.2, -0.15) is 0 Å². The predicted octanol–water partition coefficient (Wildman–Crippen LogP) is 3.00. The third-order valence-electron chi connectivity index (χ3n) is 4.45. The maximum Gasteiger partial charge on any atom is 0.159 e. The van der Waals surface area contributed by atoms with Crippen LogP contribution in [0.15, 0.2) is 23.8 Å². The minimum atomic E-state index is 0.111. The van der Waals surface area contributed by atoms with Gasteiger partial charge in [-0.3, -0.25) is 4.79 Å². The number of rotatable bonds is 2. The van der Waals surface area contributed by atoms with Crippen LogP contribution in [0.2, 0.25) is 0 Å². The van der Waals surface area contributed by atoms with Crippen molar-refractivity contribution >= 4 is 5.78 Å². The molecule has 2 heteroatoms. The molecule has 0 aromatic rings. The van der Waals surface area contributed by atoms with E-state index in [2.05, 4.69) is 32.9 Å². The van der Waals surface area contributed by atoms with Crippen molar-refractivity contribution in [2.45, 2.75) is 27.2 Å². The Labute approximate surface area is 104 Å². The highest BCUT2D eigenvalue weighted by molar-refractivity contribution is 5.93. The summed E-state index contributed by atoms with van der Waals surface area (Å²) in [5, 5.41) is 0. The second-order valence-electron chi connectivity index (χ2n) is 5.94. The molecule has 0 aliphatic heterocycles. The monoisotopic (exact) mass is 234 g/mol. The molecule has 0 saturated heterocycles. The smallest absolute Gasteiger partial charge is 0.159 e. The summed E-state index contributed by atoms with van der Waals surface area (Å²) in [7, 11) is 1.71. The number of carbonyl (C=O) groups excluding carboxylic acids is 1. The van der Waals surface area contributed by atoms with Gasteiger partial charge in [0, 0.05) is 18.9 Å². The van der Waals surface area contributed by atoms with Gasteiger partial charge in [-0.25, -0.2) is 0 Å². The predicted molar refractivity (Wildman–Crippen MR) is 68.6 cm³/mol. The van der Waals surface area contributed by atoms with Crippen LogP contribution in [0.3, 0.4) is 0 Å². The van der Waals surface area contributed by atoms with Crippen LogP contribution in [0.1, 0.15) is 27.2 Å². The lowest BCUT2D eigenvalue weighted by molar-refractivity contribution is -0.125. The average molecular weight is 234 g/mol. The number of ketones is 1. The fraction of sp³-hybridized carbons (Fsp3) is 0.667. The molecule has 0 aromatic carbocycles. The number of methoxy groups -OCH3 is 1. The van der Waals surface area contributed by atoms with Crippen LogP contribution in [-0.2, 0) is 9.53 Å². The third-order valence-corrected chi connectivity index (χ3v) is 4.45. The van der Waals surface area contributed by atoms with Gasteiger partial charge in [-0.1, -0.05) is 31.6 Å².